The van der Waals surface area contributed by atoms with E-state index in [1.807, 2.05) is 0 Å². The summed E-state index contributed by atoms with van der Waals surface area (Å²) < 4.78 is 10.7. The lowest BCUT2D eigenvalue weighted by Crippen LogP contribution is -2.48. The number of anilines is 1. The molecule has 0 aliphatic heterocycles. The minimum Gasteiger partial charge on any atom is -0.491 e. The number of carbonyl (C=O) groups excluding carboxylic acids is 1. The predicted molar refractivity (Wildman–Crippen MR) is 154 cm³/mol. The topological polar surface area (TPSA) is 129 Å². The maximum atomic E-state index is 13.2. The smallest absolute Gasteiger partial charge is 0.410 e. The number of rotatable bonds is 13. The molecule has 0 radical (unpaired) electrons. The van der Waals surface area contributed by atoms with Crippen molar-refractivity contribution in [2.45, 2.75) is 82.9 Å². The number of nitrogens with one attached hydrogen (secondary N) is 1. The van der Waals surface area contributed by atoms with Crippen molar-refractivity contribution in [3.05, 3.63) is 55.8 Å². The molecule has 0 saturated heterocycles. The van der Waals surface area contributed by atoms with E-state index in [1.54, 1.807) is 24.3 Å². The molecule has 39 heavy (non-hydrogen) atoms. The molecule has 0 bridgehead atoms. The molecule has 9 nitrogen and oxygen atoms in total. The molecule has 2 N–H and O–H groups in total. The van der Waals surface area contributed by atoms with Crippen molar-refractivity contribution in [1.29, 1.82) is 5.26 Å². The molecule has 1 fully saturated rings. The number of nitrogens with zero attached hydrogens (tertiary/aromatic N) is 2. The highest BCUT2D eigenvalue weighted by Gasteiger charge is 2.32. The monoisotopic (exact) mass is 555 g/mol. The number of ether oxygens (including phenoxy) is 2. The van der Waals surface area contributed by atoms with E-state index in [2.05, 4.69) is 31.0 Å². The molecule has 2 aromatic carbocycles. The van der Waals surface area contributed by atoms with Crippen molar-refractivity contribution in [3.8, 4) is 11.8 Å². The van der Waals surface area contributed by atoms with Crippen LogP contribution < -0.4 is 20.9 Å². The average molecular weight is 556 g/mol. The third-order valence-corrected chi connectivity index (χ3v) is 9.08. The van der Waals surface area contributed by atoms with Gasteiger partial charge in [-0.1, -0.05) is 63.9 Å². The number of aliphatic hydroxyl groups excluding tert-OH is 1. The lowest BCUT2D eigenvalue weighted by Gasteiger charge is -2.33. The van der Waals surface area contributed by atoms with Crippen LogP contribution in [0.1, 0.15) is 49.7 Å². The Kier molecular flexibility index (Phi) is 10.7. The van der Waals surface area contributed by atoms with Gasteiger partial charge in [-0.05, 0) is 36.1 Å². The summed E-state index contributed by atoms with van der Waals surface area (Å²) in [5, 5.41) is 23.7. The van der Waals surface area contributed by atoms with Crippen molar-refractivity contribution >= 4 is 19.9 Å². The first-order chi connectivity index (χ1) is 18.5. The molecule has 2 atom stereocenters. The molecule has 10 heteroatoms. The van der Waals surface area contributed by atoms with E-state index in [0.717, 1.165) is 37.3 Å². The molecule has 3 rings (SSSR count). The van der Waals surface area contributed by atoms with E-state index in [0.29, 0.717) is 24.5 Å². The van der Waals surface area contributed by atoms with Gasteiger partial charge in [0.05, 0.1) is 44.0 Å². The molecule has 1 amide bonds. The van der Waals surface area contributed by atoms with E-state index < -0.39 is 37.2 Å². The van der Waals surface area contributed by atoms with Crippen molar-refractivity contribution < 1.29 is 19.4 Å². The molecule has 0 heterocycles. The molecule has 212 valence electrons. The second-order valence-electron chi connectivity index (χ2n) is 11.7. The largest absolute Gasteiger partial charge is 0.491 e. The van der Waals surface area contributed by atoms with Gasteiger partial charge in [0.1, 0.15) is 5.69 Å². The van der Waals surface area contributed by atoms with Crippen molar-refractivity contribution in [2.24, 2.45) is 5.92 Å². The summed E-state index contributed by atoms with van der Waals surface area (Å²) in [6.07, 6.45) is 4.51. The number of hydrogen-bond acceptors (Lipinski definition) is 8. The van der Waals surface area contributed by atoms with Crippen LogP contribution in [0.2, 0.25) is 25.7 Å². The fourth-order valence-corrected chi connectivity index (χ4v) is 5.69. The lowest BCUT2D eigenvalue weighted by molar-refractivity contribution is 0.0613. The summed E-state index contributed by atoms with van der Waals surface area (Å²) in [5.74, 6) is 0.333. The first kappa shape index (κ1) is 30.4. The van der Waals surface area contributed by atoms with Crippen molar-refractivity contribution in [3.63, 3.8) is 0 Å². The molecule has 2 unspecified atom stereocenters. The third-order valence-electron chi connectivity index (χ3n) is 7.38. The summed E-state index contributed by atoms with van der Waals surface area (Å²) in [5.41, 5.74) is 0.0527. The Labute approximate surface area is 231 Å². The molecular formula is C29H41N3O6Si. The van der Waals surface area contributed by atoms with Gasteiger partial charge in [0.25, 0.3) is 10.9 Å². The van der Waals surface area contributed by atoms with E-state index >= 15 is 0 Å². The molecule has 1 aliphatic carbocycles. The van der Waals surface area contributed by atoms with Crippen LogP contribution in [0.25, 0.3) is 0 Å². The average Bonchev–Trinajstić information content (AvgIpc) is 2.91. The maximum Gasteiger partial charge on any atom is 0.410 e. The Balaban J connectivity index is 1.80. The Bertz CT molecular complexity index is 1200. The summed E-state index contributed by atoms with van der Waals surface area (Å²) in [6, 6.07) is 9.27. The summed E-state index contributed by atoms with van der Waals surface area (Å²) >= 11 is 0. The van der Waals surface area contributed by atoms with Crippen LogP contribution in [0.15, 0.2) is 33.9 Å². The number of carbonyl (C=O) groups is 1. The molecule has 0 aromatic heterocycles. The van der Waals surface area contributed by atoms with Crippen molar-refractivity contribution in [2.75, 3.05) is 25.6 Å². The Morgan fingerprint density at radius 3 is 2.41 bits per heavy atom. The van der Waals surface area contributed by atoms with Gasteiger partial charge in [-0.25, -0.2) is 4.79 Å². The zero-order chi connectivity index (χ0) is 28.6. The van der Waals surface area contributed by atoms with E-state index in [1.165, 1.54) is 18.4 Å². The number of methoxy groups -OCH3 is 1. The van der Waals surface area contributed by atoms with Gasteiger partial charge in [-0.3, -0.25) is 9.59 Å². The number of benzene rings is 1. The van der Waals surface area contributed by atoms with E-state index in [-0.39, 0.29) is 24.5 Å². The van der Waals surface area contributed by atoms with E-state index in [4.69, 9.17) is 14.7 Å². The molecule has 0 spiro atoms. The van der Waals surface area contributed by atoms with Crippen LogP contribution in [0, 0.1) is 17.2 Å². The number of hydrogen-bond donors (Lipinski definition) is 2. The van der Waals surface area contributed by atoms with Crippen LogP contribution in [-0.2, 0) is 11.3 Å². The molecule has 2 aromatic rings. The second-order valence-corrected chi connectivity index (χ2v) is 17.4. The minimum atomic E-state index is -1.42. The number of amides is 1. The lowest BCUT2D eigenvalue weighted by atomic mass is 9.83. The zero-order valence-corrected chi connectivity index (χ0v) is 24.5. The Hall–Kier alpha value is -3.16. The van der Waals surface area contributed by atoms with Crippen LogP contribution >= 0.6 is 0 Å². The van der Waals surface area contributed by atoms with Crippen molar-refractivity contribution in [1.82, 2.24) is 4.90 Å². The van der Waals surface area contributed by atoms with Gasteiger partial charge in [-0.15, -0.1) is 0 Å². The van der Waals surface area contributed by atoms with Crippen LogP contribution in [0.5, 0.6) is 5.75 Å². The zero-order valence-electron chi connectivity index (χ0n) is 23.5. The first-order valence-electron chi connectivity index (χ1n) is 13.7. The first-order valence-corrected chi connectivity index (χ1v) is 17.5. The SMILES string of the molecule is COc1c(NC(CC2CCCCC2)C(O)CN(Cc2ccc(C#N)cc2)C(=O)OCC[Si](C)(C)C)c(=O)c1=O. The molecular weight excluding hydrogens is 514 g/mol. The maximum absolute atomic E-state index is 13.2. The molecule has 1 saturated carbocycles. The Morgan fingerprint density at radius 2 is 1.82 bits per heavy atom. The minimum absolute atomic E-state index is 0.0268. The van der Waals surface area contributed by atoms with Gasteiger partial charge in [-0.2, -0.15) is 5.26 Å². The van der Waals surface area contributed by atoms with Gasteiger partial charge in [0.2, 0.25) is 0 Å². The van der Waals surface area contributed by atoms with E-state index in [9.17, 15) is 19.5 Å². The summed E-state index contributed by atoms with van der Waals surface area (Å²) in [4.78, 5) is 38.8. The summed E-state index contributed by atoms with van der Waals surface area (Å²) in [7, 11) is -0.0823. The molecule has 1 aliphatic rings. The Morgan fingerprint density at radius 1 is 1.15 bits per heavy atom. The highest BCUT2D eigenvalue weighted by Crippen LogP contribution is 2.30. The standard InChI is InChI=1S/C29H41N3O6Si/c1-37-28-25(26(34)27(28)35)31-23(16-20-8-6-5-7-9-20)24(33)19-32(29(36)38-14-15-39(2,3)4)18-22-12-10-21(17-30)11-13-22/h10-13,20,23-24,31,33H,5-9,14-16,18-19H2,1-4H3. The van der Waals surface area contributed by atoms with Crippen LogP contribution in [0.4, 0.5) is 10.5 Å². The fraction of sp³-hybridized carbons (Fsp3) is 0.586. The predicted octanol–water partition coefficient (Wildman–Crippen LogP) is 4.25. The number of nitriles is 1. The van der Waals surface area contributed by atoms with Gasteiger partial charge < -0.3 is 24.8 Å². The fourth-order valence-electron chi connectivity index (χ4n) is 4.97. The number of aliphatic hydroxyl groups is 1. The van der Waals surface area contributed by atoms with Gasteiger partial charge in [0, 0.05) is 14.6 Å². The second kappa shape index (κ2) is 13.8. The van der Waals surface area contributed by atoms with Gasteiger partial charge >= 0.3 is 6.09 Å². The quantitative estimate of drug-likeness (QED) is 0.277. The third kappa shape index (κ3) is 8.67. The van der Waals surface area contributed by atoms with Crippen LogP contribution in [-0.4, -0.2) is 56.6 Å². The van der Waals surface area contributed by atoms with Crippen LogP contribution in [0.3, 0.4) is 0 Å². The normalized spacial score (nSPS) is 15.8. The highest BCUT2D eigenvalue weighted by molar-refractivity contribution is 6.76. The van der Waals surface area contributed by atoms with Gasteiger partial charge in [0.15, 0.2) is 5.75 Å². The highest BCUT2D eigenvalue weighted by atomic mass is 28.3. The summed E-state index contributed by atoms with van der Waals surface area (Å²) in [6.45, 7) is 7.07.